The van der Waals surface area contributed by atoms with E-state index in [1.165, 1.54) is 38.6 Å². The van der Waals surface area contributed by atoms with Gasteiger partial charge in [-0.2, -0.15) is 0 Å². The maximum Gasteiger partial charge on any atom is 0.451 e. The summed E-state index contributed by atoms with van der Waals surface area (Å²) in [5.41, 5.74) is 0. The fourth-order valence-electron chi connectivity index (χ4n) is 3.59. The number of hydrogen-bond acceptors (Lipinski definition) is 3. The van der Waals surface area contributed by atoms with Crippen LogP contribution in [0.1, 0.15) is 44.9 Å². The Balaban J connectivity index is 1.65. The van der Waals surface area contributed by atoms with Crippen LogP contribution in [0.3, 0.4) is 0 Å². The molecule has 3 unspecified atom stereocenters. The van der Waals surface area contributed by atoms with Crippen molar-refractivity contribution in [1.82, 2.24) is 4.90 Å². The average Bonchev–Trinajstić information content (AvgIpc) is 2.73. The lowest BCUT2D eigenvalue weighted by Crippen LogP contribution is -2.39. The second kappa shape index (κ2) is 7.13. The third kappa shape index (κ3) is 3.86. The normalized spacial score (nSPS) is 32.5. The number of alkyl halides is 1. The molecule has 0 aromatic carbocycles. The molecule has 1 heterocycles. The van der Waals surface area contributed by atoms with Crippen molar-refractivity contribution in [2.24, 2.45) is 5.92 Å². The van der Waals surface area contributed by atoms with E-state index < -0.39 is 7.12 Å². The molecule has 18 heavy (non-hydrogen) atoms. The second-order valence-electron chi connectivity index (χ2n) is 5.83. The van der Waals surface area contributed by atoms with Gasteiger partial charge >= 0.3 is 7.12 Å². The molecule has 2 rings (SSSR count). The van der Waals surface area contributed by atoms with Gasteiger partial charge < -0.3 is 14.9 Å². The van der Waals surface area contributed by atoms with Gasteiger partial charge in [-0.25, -0.2) is 0 Å². The third-order valence-corrected chi connectivity index (χ3v) is 5.11. The van der Waals surface area contributed by atoms with Crippen LogP contribution in [0.15, 0.2) is 0 Å². The fraction of sp³-hybridized carbons (Fsp3) is 1.00. The van der Waals surface area contributed by atoms with Crippen molar-refractivity contribution in [1.29, 1.82) is 0 Å². The van der Waals surface area contributed by atoms with E-state index in [-0.39, 0.29) is 0 Å². The van der Waals surface area contributed by atoms with Gasteiger partial charge in [0.15, 0.2) is 0 Å². The van der Waals surface area contributed by atoms with Crippen LogP contribution in [-0.4, -0.2) is 46.6 Å². The molecule has 104 valence electrons. The number of halogens is 1. The van der Waals surface area contributed by atoms with Crippen molar-refractivity contribution in [2.75, 3.05) is 13.1 Å². The largest absolute Gasteiger partial charge is 0.451 e. The average molecular weight is 274 g/mol. The Morgan fingerprint density at radius 2 is 1.94 bits per heavy atom. The molecular weight excluding hydrogens is 248 g/mol. The molecule has 0 spiro atoms. The smallest absolute Gasteiger partial charge is 0.427 e. The highest BCUT2D eigenvalue weighted by molar-refractivity contribution is 6.40. The summed E-state index contributed by atoms with van der Waals surface area (Å²) in [6.07, 6.45) is 8.76. The molecule has 0 amide bonds. The zero-order chi connectivity index (χ0) is 13.0. The number of hydrogen-bond donors (Lipinski definition) is 2. The van der Waals surface area contributed by atoms with E-state index in [1.54, 1.807) is 0 Å². The predicted molar refractivity (Wildman–Crippen MR) is 75.8 cm³/mol. The SMILES string of the molecule is OB(O)CCCCCN1CCC2C(Cl)CCCC21. The van der Waals surface area contributed by atoms with Gasteiger partial charge in [-0.15, -0.1) is 11.6 Å². The molecule has 5 heteroatoms. The molecule has 1 saturated carbocycles. The summed E-state index contributed by atoms with van der Waals surface area (Å²) in [5, 5.41) is 18.0. The van der Waals surface area contributed by atoms with Crippen molar-refractivity contribution < 1.29 is 10.0 Å². The molecule has 1 aliphatic heterocycles. The van der Waals surface area contributed by atoms with Gasteiger partial charge in [0.2, 0.25) is 0 Å². The Hall–Kier alpha value is 0.235. The quantitative estimate of drug-likeness (QED) is 0.443. The Kier molecular flexibility index (Phi) is 5.80. The highest BCUT2D eigenvalue weighted by atomic mass is 35.5. The molecule has 2 N–H and O–H groups in total. The highest BCUT2D eigenvalue weighted by Crippen LogP contribution is 2.39. The topological polar surface area (TPSA) is 43.7 Å². The zero-order valence-corrected chi connectivity index (χ0v) is 11.9. The summed E-state index contributed by atoms with van der Waals surface area (Å²) >= 11 is 6.42. The van der Waals surface area contributed by atoms with E-state index in [0.29, 0.717) is 11.7 Å². The molecule has 3 atom stereocenters. The van der Waals surface area contributed by atoms with Crippen LogP contribution in [0.5, 0.6) is 0 Å². The second-order valence-corrected chi connectivity index (χ2v) is 6.39. The molecule has 0 radical (unpaired) electrons. The first-order valence-electron chi connectivity index (χ1n) is 7.42. The molecule has 0 aromatic heterocycles. The predicted octanol–water partition coefficient (Wildman–Crippen LogP) is 2.11. The van der Waals surface area contributed by atoms with Gasteiger partial charge in [0.25, 0.3) is 0 Å². The van der Waals surface area contributed by atoms with Gasteiger partial charge in [0.05, 0.1) is 0 Å². The van der Waals surface area contributed by atoms with Crippen molar-refractivity contribution in [3.05, 3.63) is 0 Å². The molecule has 0 bridgehead atoms. The Morgan fingerprint density at radius 1 is 1.11 bits per heavy atom. The minimum atomic E-state index is -1.13. The van der Waals surface area contributed by atoms with Gasteiger partial charge in [-0.1, -0.05) is 19.3 Å². The van der Waals surface area contributed by atoms with Crippen LogP contribution in [0.4, 0.5) is 0 Å². The van der Waals surface area contributed by atoms with Crippen molar-refractivity contribution >= 4 is 18.7 Å². The molecule has 1 saturated heterocycles. The van der Waals surface area contributed by atoms with Gasteiger partial charge in [0, 0.05) is 11.4 Å². The van der Waals surface area contributed by atoms with Crippen molar-refractivity contribution in [2.45, 2.75) is 62.7 Å². The summed E-state index contributed by atoms with van der Waals surface area (Å²) < 4.78 is 0. The Morgan fingerprint density at radius 3 is 2.72 bits per heavy atom. The molecule has 3 nitrogen and oxygen atoms in total. The first kappa shape index (κ1) is 14.6. The first-order valence-corrected chi connectivity index (χ1v) is 7.86. The van der Waals surface area contributed by atoms with E-state index in [2.05, 4.69) is 4.90 Å². The monoisotopic (exact) mass is 273 g/mol. The van der Waals surface area contributed by atoms with E-state index in [9.17, 15) is 0 Å². The van der Waals surface area contributed by atoms with E-state index in [1.807, 2.05) is 0 Å². The van der Waals surface area contributed by atoms with Crippen LogP contribution in [0, 0.1) is 5.92 Å². The highest BCUT2D eigenvalue weighted by Gasteiger charge is 2.39. The van der Waals surface area contributed by atoms with Crippen LogP contribution in [0.25, 0.3) is 0 Å². The van der Waals surface area contributed by atoms with Gasteiger partial charge in [-0.3, -0.25) is 0 Å². The number of nitrogens with zero attached hydrogens (tertiary/aromatic N) is 1. The van der Waals surface area contributed by atoms with Gasteiger partial charge in [-0.05, 0) is 51.0 Å². The molecule has 1 aliphatic carbocycles. The molecular formula is C13H25BClNO2. The molecule has 0 aromatic rings. The van der Waals surface area contributed by atoms with E-state index in [4.69, 9.17) is 21.6 Å². The summed E-state index contributed by atoms with van der Waals surface area (Å²) in [4.78, 5) is 2.62. The van der Waals surface area contributed by atoms with E-state index >= 15 is 0 Å². The van der Waals surface area contributed by atoms with E-state index in [0.717, 1.165) is 31.3 Å². The van der Waals surface area contributed by atoms with Crippen LogP contribution in [0.2, 0.25) is 6.32 Å². The minimum Gasteiger partial charge on any atom is -0.427 e. The summed E-state index contributed by atoms with van der Waals surface area (Å²) in [6, 6.07) is 0.727. The zero-order valence-electron chi connectivity index (χ0n) is 11.1. The van der Waals surface area contributed by atoms with Crippen LogP contribution in [-0.2, 0) is 0 Å². The lowest BCUT2D eigenvalue weighted by molar-refractivity contribution is 0.182. The van der Waals surface area contributed by atoms with Crippen molar-refractivity contribution in [3.63, 3.8) is 0 Å². The minimum absolute atomic E-state index is 0.401. The number of rotatable bonds is 6. The lowest BCUT2D eigenvalue weighted by atomic mass is 9.83. The first-order chi connectivity index (χ1) is 8.68. The maximum absolute atomic E-state index is 8.78. The maximum atomic E-state index is 8.78. The summed E-state index contributed by atoms with van der Waals surface area (Å²) in [6.45, 7) is 2.37. The van der Waals surface area contributed by atoms with Gasteiger partial charge in [0.1, 0.15) is 0 Å². The number of unbranched alkanes of at least 4 members (excludes halogenated alkanes) is 2. The third-order valence-electron chi connectivity index (χ3n) is 4.56. The lowest BCUT2D eigenvalue weighted by Gasteiger charge is -2.34. The van der Waals surface area contributed by atoms with Crippen molar-refractivity contribution in [3.8, 4) is 0 Å². The summed E-state index contributed by atoms with van der Waals surface area (Å²) in [5.74, 6) is 0.722. The standard InChI is InChI=1S/C13H25BClNO2/c15-12-5-4-6-13-11(12)7-10-16(13)9-3-1-2-8-14(17)18/h11-13,17-18H,1-10H2. The number of fused-ring (bicyclic) bond motifs is 1. The van der Waals surface area contributed by atoms with Crippen LogP contribution >= 0.6 is 11.6 Å². The Labute approximate surface area is 116 Å². The molecule has 2 fully saturated rings. The van der Waals surface area contributed by atoms with Crippen LogP contribution < -0.4 is 0 Å². The summed E-state index contributed by atoms with van der Waals surface area (Å²) in [7, 11) is -1.13. The molecule has 2 aliphatic rings. The Bertz CT molecular complexity index is 255. The fourth-order valence-corrected chi connectivity index (χ4v) is 4.04. The number of likely N-dealkylation sites (tertiary alicyclic amines) is 1.